The number of ether oxygens (including phenoxy) is 5. The molecule has 5 N–H and O–H groups in total. The van der Waals surface area contributed by atoms with Crippen molar-refractivity contribution in [3.05, 3.63) is 70.8 Å². The summed E-state index contributed by atoms with van der Waals surface area (Å²) in [5.41, 5.74) is -5.40. The number of nitrogens with one attached hydrogen (secondary N) is 1. The summed E-state index contributed by atoms with van der Waals surface area (Å²) in [6.07, 6.45) is -20.0. The molecule has 0 aliphatic carbocycles. The Labute approximate surface area is 309 Å². The minimum atomic E-state index is -5.10. The van der Waals surface area contributed by atoms with Gasteiger partial charge in [-0.15, -0.1) is 0 Å². The van der Waals surface area contributed by atoms with Gasteiger partial charge in [-0.05, 0) is 55.5 Å². The molecule has 14 nitrogen and oxygen atoms in total. The monoisotopic (exact) mass is 794 g/mol. The third kappa shape index (κ3) is 9.50. The van der Waals surface area contributed by atoms with Crippen LogP contribution in [0.3, 0.4) is 0 Å². The molecule has 3 heterocycles. The number of halogens is 6. The Morgan fingerprint density at radius 2 is 1.60 bits per heavy atom. The predicted octanol–water partition coefficient (Wildman–Crippen LogP) is 2.90. The number of nitrogens with zero attached hydrogens (tertiary/aromatic N) is 1. The number of carbonyl (C=O) groups is 3. The first-order valence-electron chi connectivity index (χ1n) is 17.1. The Balaban J connectivity index is 1.35. The van der Waals surface area contributed by atoms with Gasteiger partial charge in [0.25, 0.3) is 0 Å². The van der Waals surface area contributed by atoms with Crippen molar-refractivity contribution in [1.29, 1.82) is 0 Å². The van der Waals surface area contributed by atoms with Gasteiger partial charge in [-0.1, -0.05) is 30.3 Å². The van der Waals surface area contributed by atoms with E-state index in [2.05, 4.69) is 5.32 Å². The fourth-order valence-electron chi connectivity index (χ4n) is 6.91. The standard InChI is InChI=1S/C35H40F6N2O12/c1-19(20-11-22(34(36,37)38)13-23(12-20)35(39,40)41)52-17-33(21-5-3-2-4-6-21)10-9-32(8-7-25(45)42-32)16-43(33)31(50)54-18-53-26(46)15-51-30-29(49)28(48)27(47)24(14-44)55-30/h2-6,11-13,19,24,27-30,44,47-49H,7-10,14-18H2,1H3,(H,42,45)/t19-,24?,27?,28?,29?,30?,32-,33-/m1/s1. The minimum absolute atomic E-state index is 0.00417. The van der Waals surface area contributed by atoms with E-state index in [0.717, 1.165) is 0 Å². The maximum absolute atomic E-state index is 13.9. The topological polar surface area (TPSA) is 194 Å². The number of hydrogen-bond donors (Lipinski definition) is 5. The van der Waals surface area contributed by atoms with Gasteiger partial charge in [0.15, 0.2) is 6.29 Å². The van der Waals surface area contributed by atoms with Crippen LogP contribution in [-0.2, 0) is 51.2 Å². The third-order valence-corrected chi connectivity index (χ3v) is 10.0. The van der Waals surface area contributed by atoms with Gasteiger partial charge in [0.2, 0.25) is 12.7 Å². The van der Waals surface area contributed by atoms with Crippen LogP contribution in [0.4, 0.5) is 31.1 Å². The number of piperidine rings is 1. The van der Waals surface area contributed by atoms with Crippen LogP contribution < -0.4 is 5.32 Å². The van der Waals surface area contributed by atoms with Crippen LogP contribution >= 0.6 is 0 Å². The van der Waals surface area contributed by atoms with E-state index in [9.17, 15) is 61.2 Å². The summed E-state index contributed by atoms with van der Waals surface area (Å²) < 4.78 is 108. The molecule has 3 aliphatic rings. The molecular weight excluding hydrogens is 754 g/mol. The Morgan fingerprint density at radius 1 is 0.945 bits per heavy atom. The molecule has 5 rings (SSSR count). The van der Waals surface area contributed by atoms with Crippen molar-refractivity contribution in [2.45, 2.75) is 92.8 Å². The van der Waals surface area contributed by atoms with E-state index < -0.39 is 116 Å². The highest BCUT2D eigenvalue weighted by atomic mass is 19.4. The zero-order valence-electron chi connectivity index (χ0n) is 29.2. The van der Waals surface area contributed by atoms with E-state index in [1.54, 1.807) is 30.3 Å². The number of alkyl halides is 6. The second kappa shape index (κ2) is 16.6. The predicted molar refractivity (Wildman–Crippen MR) is 172 cm³/mol. The van der Waals surface area contributed by atoms with Crippen molar-refractivity contribution in [1.82, 2.24) is 10.2 Å². The van der Waals surface area contributed by atoms with Crippen LogP contribution in [0.25, 0.3) is 0 Å². The average molecular weight is 795 g/mol. The molecule has 3 aliphatic heterocycles. The normalized spacial score (nSPS) is 29.2. The quantitative estimate of drug-likeness (QED) is 0.127. The van der Waals surface area contributed by atoms with Crippen molar-refractivity contribution in [3.8, 4) is 0 Å². The first kappa shape index (κ1) is 42.1. The summed E-state index contributed by atoms with van der Waals surface area (Å²) in [4.78, 5) is 40.0. The lowest BCUT2D eigenvalue weighted by Crippen LogP contribution is -2.65. The lowest BCUT2D eigenvalue weighted by Gasteiger charge is -2.52. The highest BCUT2D eigenvalue weighted by Gasteiger charge is 2.54. The Kier molecular flexibility index (Phi) is 12.7. The second-order valence-electron chi connectivity index (χ2n) is 13.7. The lowest BCUT2D eigenvalue weighted by molar-refractivity contribution is -0.300. The minimum Gasteiger partial charge on any atom is -0.426 e. The third-order valence-electron chi connectivity index (χ3n) is 10.0. The Hall–Kier alpha value is -4.05. The molecule has 0 aromatic heterocycles. The van der Waals surface area contributed by atoms with Crippen molar-refractivity contribution in [3.63, 3.8) is 0 Å². The SMILES string of the molecule is C[C@@H](OC[C@@]1(c2ccccc2)CC[C@]2(CCC(=O)N2)CN1C(=O)OCOC(=O)COC1OC(CO)C(O)C(O)C1O)c1cc(C(F)(F)F)cc(C(F)(F)F)c1. The first-order chi connectivity index (χ1) is 25.8. The Bertz CT molecular complexity index is 1650. The van der Waals surface area contributed by atoms with Gasteiger partial charge in [0.05, 0.1) is 41.5 Å². The molecule has 2 amide bonds. The highest BCUT2D eigenvalue weighted by molar-refractivity contribution is 5.80. The Morgan fingerprint density at radius 3 is 2.18 bits per heavy atom. The summed E-state index contributed by atoms with van der Waals surface area (Å²) >= 11 is 0. The van der Waals surface area contributed by atoms with Gasteiger partial charge < -0.3 is 49.4 Å². The van der Waals surface area contributed by atoms with Gasteiger partial charge in [-0.2, -0.15) is 26.3 Å². The van der Waals surface area contributed by atoms with Crippen LogP contribution in [0.2, 0.25) is 0 Å². The van der Waals surface area contributed by atoms with Crippen molar-refractivity contribution >= 4 is 18.0 Å². The van der Waals surface area contributed by atoms with Crippen molar-refractivity contribution in [2.75, 3.05) is 33.2 Å². The van der Waals surface area contributed by atoms with Gasteiger partial charge in [-0.3, -0.25) is 9.69 Å². The van der Waals surface area contributed by atoms with Gasteiger partial charge >= 0.3 is 24.4 Å². The zero-order valence-corrected chi connectivity index (χ0v) is 29.2. The van der Waals surface area contributed by atoms with E-state index in [-0.39, 0.29) is 31.4 Å². The number of hydrogen-bond acceptors (Lipinski definition) is 12. The molecule has 3 fully saturated rings. The molecule has 1 spiro atoms. The molecule has 20 heteroatoms. The lowest BCUT2D eigenvalue weighted by atomic mass is 9.74. The number of aliphatic hydroxyl groups is 4. The van der Waals surface area contributed by atoms with Gasteiger partial charge in [0, 0.05) is 13.0 Å². The van der Waals surface area contributed by atoms with Gasteiger partial charge in [0.1, 0.15) is 31.0 Å². The first-order valence-corrected chi connectivity index (χ1v) is 17.1. The average Bonchev–Trinajstić information content (AvgIpc) is 3.51. The summed E-state index contributed by atoms with van der Waals surface area (Å²) in [5.74, 6) is -1.41. The van der Waals surface area contributed by atoms with Crippen molar-refractivity contribution < 1.29 is 84.8 Å². The smallest absolute Gasteiger partial charge is 0.416 e. The van der Waals surface area contributed by atoms with E-state index >= 15 is 0 Å². The number of amides is 2. The fraction of sp³-hybridized carbons (Fsp3) is 0.571. The number of likely N-dealkylation sites (tertiary alicyclic amines) is 1. The van der Waals surface area contributed by atoms with Crippen LogP contribution in [0.1, 0.15) is 61.0 Å². The molecule has 0 bridgehead atoms. The summed E-state index contributed by atoms with van der Waals surface area (Å²) in [5, 5.41) is 42.2. The van der Waals surface area contributed by atoms with E-state index in [1.807, 2.05) is 0 Å². The van der Waals surface area contributed by atoms with E-state index in [0.29, 0.717) is 30.5 Å². The number of rotatable bonds is 11. The van der Waals surface area contributed by atoms with Crippen LogP contribution in [0.5, 0.6) is 0 Å². The van der Waals surface area contributed by atoms with Crippen molar-refractivity contribution in [2.24, 2.45) is 0 Å². The van der Waals surface area contributed by atoms with E-state index in [4.69, 9.17) is 23.7 Å². The number of esters is 1. The highest BCUT2D eigenvalue weighted by Crippen LogP contribution is 2.45. The number of aliphatic hydroxyl groups excluding tert-OH is 4. The van der Waals surface area contributed by atoms with Gasteiger partial charge in [-0.25, -0.2) is 9.59 Å². The molecule has 55 heavy (non-hydrogen) atoms. The van der Waals surface area contributed by atoms with Crippen LogP contribution in [0, 0.1) is 0 Å². The van der Waals surface area contributed by atoms with E-state index in [1.165, 1.54) is 11.8 Å². The molecular formula is C35H40F6N2O12. The number of carbonyl (C=O) groups excluding carboxylic acids is 3. The van der Waals surface area contributed by atoms with Crippen LogP contribution in [0.15, 0.2) is 48.5 Å². The molecule has 5 unspecified atom stereocenters. The summed E-state index contributed by atoms with van der Waals surface area (Å²) in [6.45, 7) is -1.99. The molecule has 2 aromatic rings. The fourth-order valence-corrected chi connectivity index (χ4v) is 6.91. The maximum Gasteiger partial charge on any atom is 0.416 e. The summed E-state index contributed by atoms with van der Waals surface area (Å²) in [7, 11) is 0. The molecule has 8 atom stereocenters. The second-order valence-corrected chi connectivity index (χ2v) is 13.7. The number of benzene rings is 2. The molecule has 0 radical (unpaired) electrons. The molecule has 2 aromatic carbocycles. The van der Waals surface area contributed by atoms with Crippen LogP contribution in [-0.4, -0.2) is 113 Å². The summed E-state index contributed by atoms with van der Waals surface area (Å²) in [6, 6.07) is 9.37. The molecule has 0 saturated carbocycles. The molecule has 304 valence electrons. The zero-order chi connectivity index (χ0) is 40.3. The maximum atomic E-state index is 13.9. The largest absolute Gasteiger partial charge is 0.426 e. The molecule has 3 saturated heterocycles.